The molecule has 1 heterocycles. The van der Waals surface area contributed by atoms with Crippen LogP contribution in [0.5, 0.6) is 0 Å². The SMILES string of the molecule is CCCc1nc(Br)cc(NCC2(CCC)CC2)n1. The van der Waals surface area contributed by atoms with Crippen molar-refractivity contribution in [3.05, 3.63) is 16.5 Å². The van der Waals surface area contributed by atoms with E-state index in [-0.39, 0.29) is 0 Å². The van der Waals surface area contributed by atoms with Crippen LogP contribution in [-0.4, -0.2) is 16.5 Å². The van der Waals surface area contributed by atoms with Gasteiger partial charge in [-0.3, -0.25) is 0 Å². The minimum absolute atomic E-state index is 0.553. The van der Waals surface area contributed by atoms with Crippen molar-refractivity contribution in [3.63, 3.8) is 0 Å². The summed E-state index contributed by atoms with van der Waals surface area (Å²) in [5, 5.41) is 3.49. The third-order valence-corrected chi connectivity index (χ3v) is 4.00. The topological polar surface area (TPSA) is 37.8 Å². The van der Waals surface area contributed by atoms with Gasteiger partial charge >= 0.3 is 0 Å². The van der Waals surface area contributed by atoms with Crippen LogP contribution in [0.25, 0.3) is 0 Å². The largest absolute Gasteiger partial charge is 0.369 e. The fourth-order valence-electron chi connectivity index (χ4n) is 2.39. The molecular weight excluding hydrogens is 290 g/mol. The lowest BCUT2D eigenvalue weighted by molar-refractivity contribution is 0.485. The van der Waals surface area contributed by atoms with Crippen LogP contribution in [0, 0.1) is 5.41 Å². The minimum Gasteiger partial charge on any atom is -0.369 e. The molecule has 1 aromatic rings. The highest BCUT2D eigenvalue weighted by atomic mass is 79.9. The molecule has 1 aliphatic carbocycles. The van der Waals surface area contributed by atoms with E-state index in [1.54, 1.807) is 0 Å². The van der Waals surface area contributed by atoms with Crippen LogP contribution in [0.3, 0.4) is 0 Å². The van der Waals surface area contributed by atoms with Crippen LogP contribution in [0.2, 0.25) is 0 Å². The second kappa shape index (κ2) is 6.00. The van der Waals surface area contributed by atoms with Gasteiger partial charge in [-0.1, -0.05) is 20.3 Å². The molecule has 1 aromatic heterocycles. The first-order chi connectivity index (χ1) is 8.67. The lowest BCUT2D eigenvalue weighted by Crippen LogP contribution is -2.16. The maximum absolute atomic E-state index is 4.56. The van der Waals surface area contributed by atoms with Crippen molar-refractivity contribution in [2.45, 2.75) is 52.4 Å². The second-order valence-electron chi connectivity index (χ2n) is 5.35. The Morgan fingerprint density at radius 1 is 1.28 bits per heavy atom. The van der Waals surface area contributed by atoms with E-state index in [4.69, 9.17) is 0 Å². The molecule has 0 unspecified atom stereocenters. The Hall–Kier alpha value is -0.640. The Bertz CT molecular complexity index is 402. The molecule has 0 aromatic carbocycles. The standard InChI is InChI=1S/C14H22BrN3/c1-3-5-12-17-11(15)9-13(18-12)16-10-14(6-4-2)7-8-14/h9H,3-8,10H2,1-2H3,(H,16,17,18). The molecule has 4 heteroatoms. The lowest BCUT2D eigenvalue weighted by atomic mass is 10.0. The summed E-state index contributed by atoms with van der Waals surface area (Å²) >= 11 is 3.46. The molecule has 1 aliphatic rings. The Morgan fingerprint density at radius 2 is 2.06 bits per heavy atom. The van der Waals surface area contributed by atoms with E-state index in [1.165, 1.54) is 25.7 Å². The third-order valence-electron chi connectivity index (χ3n) is 3.60. The molecule has 1 saturated carbocycles. The van der Waals surface area contributed by atoms with Crippen molar-refractivity contribution in [1.82, 2.24) is 9.97 Å². The summed E-state index contributed by atoms with van der Waals surface area (Å²) in [5.74, 6) is 1.89. The van der Waals surface area contributed by atoms with Gasteiger partial charge in [0.2, 0.25) is 0 Å². The second-order valence-corrected chi connectivity index (χ2v) is 6.16. The molecule has 1 N–H and O–H groups in total. The fourth-order valence-corrected chi connectivity index (χ4v) is 2.81. The number of hydrogen-bond donors (Lipinski definition) is 1. The number of hydrogen-bond acceptors (Lipinski definition) is 3. The number of aromatic nitrogens is 2. The van der Waals surface area contributed by atoms with Crippen LogP contribution < -0.4 is 5.32 Å². The van der Waals surface area contributed by atoms with Gasteiger partial charge in [-0.2, -0.15) is 0 Å². The van der Waals surface area contributed by atoms with Crippen molar-refractivity contribution in [2.75, 3.05) is 11.9 Å². The molecule has 0 amide bonds. The van der Waals surface area contributed by atoms with Crippen LogP contribution >= 0.6 is 15.9 Å². The lowest BCUT2D eigenvalue weighted by Gasteiger charge is -2.15. The molecule has 0 atom stereocenters. The van der Waals surface area contributed by atoms with Gasteiger partial charge in [0.1, 0.15) is 16.2 Å². The summed E-state index contributed by atoms with van der Waals surface area (Å²) in [5.41, 5.74) is 0.553. The summed E-state index contributed by atoms with van der Waals surface area (Å²) in [6.45, 7) is 5.47. The van der Waals surface area contributed by atoms with E-state index >= 15 is 0 Å². The summed E-state index contributed by atoms with van der Waals surface area (Å²) in [6, 6.07) is 1.97. The average molecular weight is 312 g/mol. The Kier molecular flexibility index (Phi) is 4.60. The Morgan fingerprint density at radius 3 is 2.67 bits per heavy atom. The number of nitrogens with one attached hydrogen (secondary N) is 1. The van der Waals surface area contributed by atoms with Gasteiger partial charge in [0.25, 0.3) is 0 Å². The van der Waals surface area contributed by atoms with E-state index in [0.717, 1.165) is 35.6 Å². The number of halogens is 1. The number of aryl methyl sites for hydroxylation is 1. The zero-order chi connectivity index (χ0) is 13.0. The number of rotatable bonds is 7. The molecule has 0 saturated heterocycles. The summed E-state index contributed by atoms with van der Waals surface area (Å²) in [7, 11) is 0. The minimum atomic E-state index is 0.553. The van der Waals surface area contributed by atoms with Gasteiger partial charge in [-0.05, 0) is 47.0 Å². The quantitative estimate of drug-likeness (QED) is 0.767. The first kappa shape index (κ1) is 13.8. The summed E-state index contributed by atoms with van der Waals surface area (Å²) in [4.78, 5) is 8.95. The predicted molar refractivity (Wildman–Crippen MR) is 78.8 cm³/mol. The normalized spacial score (nSPS) is 16.6. The van der Waals surface area contributed by atoms with Crippen molar-refractivity contribution in [3.8, 4) is 0 Å². The fraction of sp³-hybridized carbons (Fsp3) is 0.714. The summed E-state index contributed by atoms with van der Waals surface area (Å²) < 4.78 is 0.879. The zero-order valence-corrected chi connectivity index (χ0v) is 12.9. The first-order valence-electron chi connectivity index (χ1n) is 6.95. The van der Waals surface area contributed by atoms with Gasteiger partial charge in [-0.25, -0.2) is 9.97 Å². The van der Waals surface area contributed by atoms with Crippen LogP contribution in [-0.2, 0) is 6.42 Å². The van der Waals surface area contributed by atoms with Crippen LogP contribution in [0.4, 0.5) is 5.82 Å². The van der Waals surface area contributed by atoms with Crippen molar-refractivity contribution < 1.29 is 0 Å². The molecule has 0 radical (unpaired) electrons. The van der Waals surface area contributed by atoms with Gasteiger partial charge in [-0.15, -0.1) is 0 Å². The molecule has 0 spiro atoms. The van der Waals surface area contributed by atoms with Crippen molar-refractivity contribution >= 4 is 21.7 Å². The number of anilines is 1. The molecule has 18 heavy (non-hydrogen) atoms. The first-order valence-corrected chi connectivity index (χ1v) is 7.74. The van der Waals surface area contributed by atoms with E-state index < -0.39 is 0 Å². The highest BCUT2D eigenvalue weighted by molar-refractivity contribution is 9.10. The monoisotopic (exact) mass is 311 g/mol. The highest BCUT2D eigenvalue weighted by Gasteiger charge is 2.41. The predicted octanol–water partition coefficient (Wildman–Crippen LogP) is 4.18. The van der Waals surface area contributed by atoms with E-state index in [1.807, 2.05) is 6.07 Å². The van der Waals surface area contributed by atoms with Crippen molar-refractivity contribution in [1.29, 1.82) is 0 Å². The maximum atomic E-state index is 4.56. The molecule has 1 fully saturated rings. The average Bonchev–Trinajstić information content (AvgIpc) is 3.07. The van der Waals surface area contributed by atoms with Gasteiger partial charge in [0.05, 0.1) is 0 Å². The van der Waals surface area contributed by atoms with Crippen molar-refractivity contribution in [2.24, 2.45) is 5.41 Å². The molecule has 100 valence electrons. The smallest absolute Gasteiger partial charge is 0.132 e. The third kappa shape index (κ3) is 3.67. The molecular formula is C14H22BrN3. The van der Waals surface area contributed by atoms with Gasteiger partial charge < -0.3 is 5.32 Å². The van der Waals surface area contributed by atoms with Crippen LogP contribution in [0.1, 0.15) is 51.8 Å². The molecule has 0 aliphatic heterocycles. The summed E-state index contributed by atoms with van der Waals surface area (Å²) in [6.07, 6.45) is 7.35. The molecule has 3 nitrogen and oxygen atoms in total. The maximum Gasteiger partial charge on any atom is 0.132 e. The number of nitrogens with zero attached hydrogens (tertiary/aromatic N) is 2. The van der Waals surface area contributed by atoms with E-state index in [9.17, 15) is 0 Å². The Balaban J connectivity index is 1.96. The highest BCUT2D eigenvalue weighted by Crippen LogP contribution is 2.49. The van der Waals surface area contributed by atoms with E-state index in [2.05, 4.69) is 45.1 Å². The van der Waals surface area contributed by atoms with E-state index in [0.29, 0.717) is 5.41 Å². The van der Waals surface area contributed by atoms with Gasteiger partial charge in [0, 0.05) is 19.0 Å². The van der Waals surface area contributed by atoms with Crippen LogP contribution in [0.15, 0.2) is 10.7 Å². The zero-order valence-electron chi connectivity index (χ0n) is 11.3. The molecule has 0 bridgehead atoms. The van der Waals surface area contributed by atoms with Gasteiger partial charge in [0.15, 0.2) is 0 Å². The molecule has 2 rings (SSSR count). The Labute approximate surface area is 118 Å².